The Morgan fingerprint density at radius 2 is 1.83 bits per heavy atom. The van der Waals surface area contributed by atoms with Crippen LogP contribution in [0.15, 0.2) is 28.7 Å². The molecule has 0 aliphatic rings. The molecule has 0 bridgehead atoms. The number of nitrogens with two attached hydrogens (primary N) is 1. The number of carbonyl (C=O) groups excluding carboxylic acids is 1. The van der Waals surface area contributed by atoms with E-state index in [9.17, 15) is 4.79 Å². The lowest BCUT2D eigenvalue weighted by atomic mass is 10.1. The van der Waals surface area contributed by atoms with Crippen molar-refractivity contribution in [3.63, 3.8) is 0 Å². The molecule has 0 radical (unpaired) electrons. The second-order valence-electron chi connectivity index (χ2n) is 2.13. The van der Waals surface area contributed by atoms with Gasteiger partial charge >= 0.3 is 0 Å². The van der Waals surface area contributed by atoms with Gasteiger partial charge in [0.2, 0.25) is 0 Å². The van der Waals surface area contributed by atoms with E-state index in [2.05, 4.69) is 15.9 Å². The highest BCUT2D eigenvalue weighted by molar-refractivity contribution is 9.10. The smallest absolute Gasteiger partial charge is 0.176 e. The molecular formula is C8H8BrClNO-. The Labute approximate surface area is 85.7 Å². The highest BCUT2D eigenvalue weighted by Gasteiger charge is 2.00. The topological polar surface area (TPSA) is 43.1 Å². The second-order valence-corrected chi connectivity index (χ2v) is 3.05. The van der Waals surface area contributed by atoms with Crippen LogP contribution in [0.5, 0.6) is 0 Å². The number of benzene rings is 1. The van der Waals surface area contributed by atoms with E-state index in [-0.39, 0.29) is 24.7 Å². The molecule has 1 rings (SSSR count). The molecule has 2 nitrogen and oxygen atoms in total. The minimum atomic E-state index is -0.0301. The number of Topliss-reactive ketones (excluding diaryl/α,β-unsaturated/α-hetero) is 1. The number of ketones is 1. The van der Waals surface area contributed by atoms with Gasteiger partial charge in [-0.1, -0.05) is 28.1 Å². The van der Waals surface area contributed by atoms with Crippen LogP contribution in [0, 0.1) is 0 Å². The molecule has 66 valence electrons. The predicted molar refractivity (Wildman–Crippen MR) is 47.5 cm³/mol. The standard InChI is InChI=1S/C8H8BrNO.ClH/c9-7-3-1-6(2-4-7)8(11)5-10;/h1-4H,5,10H2;1H/p-1. The largest absolute Gasteiger partial charge is 1.00 e. The summed E-state index contributed by atoms with van der Waals surface area (Å²) in [6.45, 7) is 0.0711. The summed E-state index contributed by atoms with van der Waals surface area (Å²) in [5.74, 6) is -0.0301. The van der Waals surface area contributed by atoms with Gasteiger partial charge in [-0.25, -0.2) is 0 Å². The minimum absolute atomic E-state index is 0. The van der Waals surface area contributed by atoms with Gasteiger partial charge in [0.15, 0.2) is 5.78 Å². The fraction of sp³-hybridized carbons (Fsp3) is 0.125. The number of hydrogen-bond donors (Lipinski definition) is 1. The van der Waals surface area contributed by atoms with Gasteiger partial charge in [0, 0.05) is 10.0 Å². The lowest BCUT2D eigenvalue weighted by Crippen LogP contribution is -3.00. The van der Waals surface area contributed by atoms with Crippen molar-refractivity contribution in [3.05, 3.63) is 34.3 Å². The summed E-state index contributed by atoms with van der Waals surface area (Å²) in [5, 5.41) is 0. The number of halogens is 2. The summed E-state index contributed by atoms with van der Waals surface area (Å²) in [5.41, 5.74) is 5.84. The maximum atomic E-state index is 11.0. The van der Waals surface area contributed by atoms with Gasteiger partial charge in [-0.2, -0.15) is 0 Å². The molecule has 0 atom stereocenters. The Bertz CT molecular complexity index is 260. The van der Waals surface area contributed by atoms with Crippen molar-refractivity contribution < 1.29 is 17.2 Å². The average molecular weight is 250 g/mol. The molecule has 0 aliphatic heterocycles. The molecule has 1 aromatic carbocycles. The Kier molecular flexibility index (Phi) is 5.13. The first-order valence-electron chi connectivity index (χ1n) is 3.23. The SMILES string of the molecule is NCC(=O)c1ccc(Br)cc1.[Cl-]. The second kappa shape index (κ2) is 5.30. The molecule has 0 saturated heterocycles. The highest BCUT2D eigenvalue weighted by atomic mass is 79.9. The first-order valence-corrected chi connectivity index (χ1v) is 4.02. The van der Waals surface area contributed by atoms with Crippen molar-refractivity contribution >= 4 is 21.7 Å². The highest BCUT2D eigenvalue weighted by Crippen LogP contribution is 2.10. The van der Waals surface area contributed by atoms with Crippen LogP contribution in [0.3, 0.4) is 0 Å². The molecule has 0 amide bonds. The molecular weight excluding hydrogens is 241 g/mol. The van der Waals surface area contributed by atoms with Crippen LogP contribution in [0.25, 0.3) is 0 Å². The zero-order valence-corrected chi connectivity index (χ0v) is 8.60. The van der Waals surface area contributed by atoms with Gasteiger partial charge in [-0.3, -0.25) is 4.79 Å². The van der Waals surface area contributed by atoms with Gasteiger partial charge in [0.1, 0.15) is 0 Å². The molecule has 0 aromatic heterocycles. The van der Waals surface area contributed by atoms with E-state index < -0.39 is 0 Å². The molecule has 0 aliphatic carbocycles. The first-order chi connectivity index (χ1) is 5.24. The number of carbonyl (C=O) groups is 1. The molecule has 0 heterocycles. The van der Waals surface area contributed by atoms with Gasteiger partial charge in [-0.05, 0) is 12.1 Å². The number of rotatable bonds is 2. The summed E-state index contributed by atoms with van der Waals surface area (Å²) in [6, 6.07) is 7.14. The minimum Gasteiger partial charge on any atom is -1.00 e. The van der Waals surface area contributed by atoms with E-state index in [0.29, 0.717) is 5.56 Å². The van der Waals surface area contributed by atoms with Crippen LogP contribution < -0.4 is 18.1 Å². The summed E-state index contributed by atoms with van der Waals surface area (Å²) >= 11 is 3.27. The molecule has 1 aromatic rings. The third-order valence-corrected chi connectivity index (χ3v) is 1.88. The summed E-state index contributed by atoms with van der Waals surface area (Å²) in [7, 11) is 0. The Morgan fingerprint density at radius 1 is 1.33 bits per heavy atom. The van der Waals surface area contributed by atoms with E-state index in [4.69, 9.17) is 5.73 Å². The zero-order valence-electron chi connectivity index (χ0n) is 6.26. The lowest BCUT2D eigenvalue weighted by Gasteiger charge is -1.96. The maximum absolute atomic E-state index is 11.0. The molecule has 12 heavy (non-hydrogen) atoms. The number of hydrogen-bond acceptors (Lipinski definition) is 2. The Morgan fingerprint density at radius 3 is 2.25 bits per heavy atom. The fourth-order valence-corrected chi connectivity index (χ4v) is 1.02. The first kappa shape index (κ1) is 11.6. The third-order valence-electron chi connectivity index (χ3n) is 1.35. The van der Waals surface area contributed by atoms with E-state index in [1.54, 1.807) is 12.1 Å². The summed E-state index contributed by atoms with van der Waals surface area (Å²) < 4.78 is 0.964. The monoisotopic (exact) mass is 248 g/mol. The third kappa shape index (κ3) is 2.93. The van der Waals surface area contributed by atoms with Crippen molar-refractivity contribution in [3.8, 4) is 0 Å². The van der Waals surface area contributed by atoms with E-state index in [1.165, 1.54) is 0 Å². The summed E-state index contributed by atoms with van der Waals surface area (Å²) in [4.78, 5) is 11.0. The van der Waals surface area contributed by atoms with Crippen LogP contribution >= 0.6 is 15.9 Å². The normalized spacial score (nSPS) is 8.83. The zero-order chi connectivity index (χ0) is 8.27. The molecule has 0 unspecified atom stereocenters. The lowest BCUT2D eigenvalue weighted by molar-refractivity contribution is -0.00000978. The fourth-order valence-electron chi connectivity index (χ4n) is 0.754. The van der Waals surface area contributed by atoms with Gasteiger partial charge in [0.05, 0.1) is 6.54 Å². The van der Waals surface area contributed by atoms with Crippen LogP contribution in [0.4, 0.5) is 0 Å². The van der Waals surface area contributed by atoms with Crippen molar-refractivity contribution in [2.75, 3.05) is 6.54 Å². The summed E-state index contributed by atoms with van der Waals surface area (Å²) in [6.07, 6.45) is 0. The predicted octanol–water partition coefficient (Wildman–Crippen LogP) is -1.41. The molecule has 0 spiro atoms. The molecule has 4 heteroatoms. The quantitative estimate of drug-likeness (QED) is 0.655. The van der Waals surface area contributed by atoms with Gasteiger partial charge in [0.25, 0.3) is 0 Å². The van der Waals surface area contributed by atoms with Crippen LogP contribution in [0.2, 0.25) is 0 Å². The van der Waals surface area contributed by atoms with Crippen LogP contribution in [-0.4, -0.2) is 12.3 Å². The Hall–Kier alpha value is -0.380. The molecule has 0 fully saturated rings. The molecule has 2 N–H and O–H groups in total. The van der Waals surface area contributed by atoms with E-state index >= 15 is 0 Å². The van der Waals surface area contributed by atoms with Gasteiger partial charge in [-0.15, -0.1) is 0 Å². The maximum Gasteiger partial charge on any atom is 0.176 e. The van der Waals surface area contributed by atoms with Crippen LogP contribution in [0.1, 0.15) is 10.4 Å². The average Bonchev–Trinajstić information content (AvgIpc) is 2.05. The van der Waals surface area contributed by atoms with Crippen molar-refractivity contribution in [1.29, 1.82) is 0 Å². The van der Waals surface area contributed by atoms with Gasteiger partial charge < -0.3 is 18.1 Å². The molecule has 0 saturated carbocycles. The van der Waals surface area contributed by atoms with Crippen molar-refractivity contribution in [1.82, 2.24) is 0 Å². The van der Waals surface area contributed by atoms with Crippen molar-refractivity contribution in [2.45, 2.75) is 0 Å². The van der Waals surface area contributed by atoms with Crippen molar-refractivity contribution in [2.24, 2.45) is 5.73 Å². The van der Waals surface area contributed by atoms with E-state index in [0.717, 1.165) is 4.47 Å². The Balaban J connectivity index is 0.00000121. The van der Waals surface area contributed by atoms with E-state index in [1.807, 2.05) is 12.1 Å². The van der Waals surface area contributed by atoms with Crippen LogP contribution in [-0.2, 0) is 0 Å².